The summed E-state index contributed by atoms with van der Waals surface area (Å²) in [5.74, 6) is 0.130. The molecule has 0 spiro atoms. The summed E-state index contributed by atoms with van der Waals surface area (Å²) in [6.07, 6.45) is 5.20. The Morgan fingerprint density at radius 2 is 2.00 bits per heavy atom. The normalized spacial score (nSPS) is 22.7. The molecule has 2 aliphatic carbocycles. The molecule has 5 rings (SSSR count). The van der Waals surface area contributed by atoms with E-state index in [-0.39, 0.29) is 11.3 Å². The first-order valence-electron chi connectivity index (χ1n) is 9.92. The van der Waals surface area contributed by atoms with Crippen molar-refractivity contribution in [3.8, 4) is 11.3 Å². The largest absolute Gasteiger partial charge is 0.322 e. The highest BCUT2D eigenvalue weighted by atomic mass is 19.1. The molecule has 2 N–H and O–H groups in total. The number of hydrogen-bond acceptors (Lipinski definition) is 3. The molecule has 3 aromatic rings. The predicted molar refractivity (Wildman–Crippen MR) is 105 cm³/mol. The molecular weight excluding hydrogens is 357 g/mol. The number of halogens is 1. The standard InChI is InChI=1S/C22H22FN3O2/c1-22(9-3-2-4-18(22)27)15-7-8-17(24-21(15)28)13-10-14-19(12-5-6-12)25-26-20(14)16(23)11-13/h7-8,10-12H,2-6,9H2,1H3,(H,24,28)(H,25,26)/t22-/m1/s1. The van der Waals surface area contributed by atoms with Crippen LogP contribution in [0.25, 0.3) is 22.2 Å². The van der Waals surface area contributed by atoms with Crippen molar-refractivity contribution < 1.29 is 9.18 Å². The van der Waals surface area contributed by atoms with Gasteiger partial charge in [0.05, 0.1) is 5.41 Å². The fourth-order valence-corrected chi connectivity index (χ4v) is 4.47. The summed E-state index contributed by atoms with van der Waals surface area (Å²) in [7, 11) is 0. The van der Waals surface area contributed by atoms with E-state index in [0.29, 0.717) is 41.1 Å². The van der Waals surface area contributed by atoms with Crippen LogP contribution in [-0.4, -0.2) is 21.0 Å². The minimum atomic E-state index is -0.733. The molecule has 5 nitrogen and oxygen atoms in total. The van der Waals surface area contributed by atoms with Gasteiger partial charge in [0.15, 0.2) is 5.82 Å². The lowest BCUT2D eigenvalue weighted by Gasteiger charge is -2.31. The molecule has 0 saturated heterocycles. The fourth-order valence-electron chi connectivity index (χ4n) is 4.47. The average molecular weight is 379 g/mol. The van der Waals surface area contributed by atoms with Crippen LogP contribution in [0, 0.1) is 5.82 Å². The minimum Gasteiger partial charge on any atom is -0.322 e. The second-order valence-corrected chi connectivity index (χ2v) is 8.34. The van der Waals surface area contributed by atoms with Crippen LogP contribution >= 0.6 is 0 Å². The van der Waals surface area contributed by atoms with Gasteiger partial charge in [-0.25, -0.2) is 4.39 Å². The minimum absolute atomic E-state index is 0.122. The number of fused-ring (bicyclic) bond motifs is 1. The van der Waals surface area contributed by atoms with Crippen LogP contribution in [0.15, 0.2) is 29.1 Å². The Kier molecular flexibility index (Phi) is 3.79. The molecule has 1 aromatic carbocycles. The number of ketones is 1. The van der Waals surface area contributed by atoms with Crippen molar-refractivity contribution in [1.29, 1.82) is 0 Å². The van der Waals surface area contributed by atoms with Gasteiger partial charge in [-0.3, -0.25) is 14.7 Å². The molecule has 6 heteroatoms. The van der Waals surface area contributed by atoms with Crippen molar-refractivity contribution in [3.63, 3.8) is 0 Å². The third-order valence-electron chi connectivity index (χ3n) is 6.39. The first-order valence-corrected chi connectivity index (χ1v) is 9.92. The molecule has 2 fully saturated rings. The van der Waals surface area contributed by atoms with Crippen LogP contribution < -0.4 is 5.56 Å². The summed E-state index contributed by atoms with van der Waals surface area (Å²) in [5.41, 5.74) is 1.96. The van der Waals surface area contributed by atoms with E-state index in [1.165, 1.54) is 6.07 Å². The van der Waals surface area contributed by atoms with Crippen LogP contribution in [0.3, 0.4) is 0 Å². The third kappa shape index (κ3) is 2.62. The van der Waals surface area contributed by atoms with Gasteiger partial charge in [-0.05, 0) is 50.8 Å². The maximum absolute atomic E-state index is 14.6. The Morgan fingerprint density at radius 1 is 1.18 bits per heavy atom. The Bertz CT molecular complexity index is 1160. The number of pyridine rings is 1. The first-order chi connectivity index (χ1) is 13.5. The van der Waals surface area contributed by atoms with Gasteiger partial charge in [-0.15, -0.1) is 0 Å². The Labute approximate surface area is 161 Å². The quantitative estimate of drug-likeness (QED) is 0.711. The van der Waals surface area contributed by atoms with E-state index >= 15 is 0 Å². The molecule has 144 valence electrons. The summed E-state index contributed by atoms with van der Waals surface area (Å²) in [5, 5.41) is 7.86. The zero-order valence-corrected chi connectivity index (χ0v) is 15.8. The molecule has 0 radical (unpaired) electrons. The molecular formula is C22H22FN3O2. The first kappa shape index (κ1) is 17.3. The average Bonchev–Trinajstić information content (AvgIpc) is 3.43. The van der Waals surface area contributed by atoms with E-state index < -0.39 is 11.2 Å². The van der Waals surface area contributed by atoms with E-state index in [1.807, 2.05) is 13.0 Å². The van der Waals surface area contributed by atoms with Gasteiger partial charge in [-0.2, -0.15) is 5.10 Å². The van der Waals surface area contributed by atoms with Gasteiger partial charge in [0, 0.05) is 40.2 Å². The molecule has 0 amide bonds. The van der Waals surface area contributed by atoms with Crippen molar-refractivity contribution in [1.82, 2.24) is 15.2 Å². The van der Waals surface area contributed by atoms with Crippen molar-refractivity contribution >= 4 is 16.7 Å². The van der Waals surface area contributed by atoms with Gasteiger partial charge in [-0.1, -0.05) is 12.5 Å². The fraction of sp³-hybridized carbons (Fsp3) is 0.409. The molecule has 2 heterocycles. The van der Waals surface area contributed by atoms with Gasteiger partial charge in [0.2, 0.25) is 0 Å². The summed E-state index contributed by atoms with van der Waals surface area (Å²) >= 11 is 0. The molecule has 0 unspecified atom stereocenters. The van der Waals surface area contributed by atoms with Crippen LogP contribution in [0.5, 0.6) is 0 Å². The number of rotatable bonds is 3. The van der Waals surface area contributed by atoms with Gasteiger partial charge in [0.25, 0.3) is 5.56 Å². The number of benzene rings is 1. The van der Waals surface area contributed by atoms with E-state index in [4.69, 9.17) is 0 Å². The monoisotopic (exact) mass is 379 g/mol. The highest BCUT2D eigenvalue weighted by Gasteiger charge is 2.38. The Morgan fingerprint density at radius 3 is 2.71 bits per heavy atom. The number of nitrogens with one attached hydrogen (secondary N) is 2. The number of carbonyl (C=O) groups excluding carboxylic acids is 1. The van der Waals surface area contributed by atoms with Crippen LogP contribution in [0.4, 0.5) is 4.39 Å². The molecule has 28 heavy (non-hydrogen) atoms. The molecule has 1 atom stereocenters. The Balaban J connectivity index is 1.59. The lowest BCUT2D eigenvalue weighted by molar-refractivity contribution is -0.125. The topological polar surface area (TPSA) is 78.6 Å². The highest BCUT2D eigenvalue weighted by Crippen LogP contribution is 2.43. The van der Waals surface area contributed by atoms with E-state index in [2.05, 4.69) is 15.2 Å². The zero-order valence-electron chi connectivity index (χ0n) is 15.8. The number of hydrogen-bond donors (Lipinski definition) is 2. The predicted octanol–water partition coefficient (Wildman–Crippen LogP) is 4.34. The number of H-pyrrole nitrogens is 2. The lowest BCUT2D eigenvalue weighted by atomic mass is 9.70. The summed E-state index contributed by atoms with van der Waals surface area (Å²) in [6.45, 7) is 1.86. The molecule has 0 aliphatic heterocycles. The van der Waals surface area contributed by atoms with Crippen LogP contribution in [0.2, 0.25) is 0 Å². The zero-order chi connectivity index (χ0) is 19.5. The van der Waals surface area contributed by atoms with Gasteiger partial charge >= 0.3 is 0 Å². The van der Waals surface area contributed by atoms with Crippen molar-refractivity contribution in [2.75, 3.05) is 0 Å². The number of aromatic amines is 2. The highest BCUT2D eigenvalue weighted by molar-refractivity contribution is 5.90. The maximum atomic E-state index is 14.6. The molecule has 0 bridgehead atoms. The lowest BCUT2D eigenvalue weighted by Crippen LogP contribution is -2.40. The second-order valence-electron chi connectivity index (χ2n) is 8.34. The van der Waals surface area contributed by atoms with Crippen molar-refractivity contribution in [3.05, 3.63) is 51.7 Å². The number of Topliss-reactive ketones (excluding diaryl/α,β-unsaturated/α-hetero) is 1. The molecule has 2 aliphatic rings. The molecule has 2 aromatic heterocycles. The van der Waals surface area contributed by atoms with Crippen molar-refractivity contribution in [2.45, 2.75) is 56.8 Å². The van der Waals surface area contributed by atoms with Gasteiger partial charge in [0.1, 0.15) is 11.3 Å². The van der Waals surface area contributed by atoms with E-state index in [1.54, 1.807) is 12.1 Å². The van der Waals surface area contributed by atoms with Crippen LogP contribution in [0.1, 0.15) is 62.6 Å². The summed E-state index contributed by atoms with van der Waals surface area (Å²) in [4.78, 5) is 28.2. The summed E-state index contributed by atoms with van der Waals surface area (Å²) in [6, 6.07) is 6.80. The number of aromatic nitrogens is 3. The number of carbonyl (C=O) groups is 1. The second kappa shape index (κ2) is 6.12. The molecule has 2 saturated carbocycles. The third-order valence-corrected chi connectivity index (χ3v) is 6.39. The van der Waals surface area contributed by atoms with Gasteiger partial charge < -0.3 is 4.98 Å². The summed E-state index contributed by atoms with van der Waals surface area (Å²) < 4.78 is 14.6. The van der Waals surface area contributed by atoms with Crippen LogP contribution in [-0.2, 0) is 10.2 Å². The Hall–Kier alpha value is -2.76. The van der Waals surface area contributed by atoms with Crippen molar-refractivity contribution in [2.24, 2.45) is 0 Å². The SMILES string of the molecule is C[C@]1(c2ccc(-c3cc(F)c4n[nH]c(C5CC5)c4c3)[nH]c2=O)CCCCC1=O. The maximum Gasteiger partial charge on any atom is 0.252 e. The smallest absolute Gasteiger partial charge is 0.252 e. The van der Waals surface area contributed by atoms with E-state index in [9.17, 15) is 14.0 Å². The van der Waals surface area contributed by atoms with E-state index in [0.717, 1.165) is 36.8 Å². The number of nitrogens with zero attached hydrogens (tertiary/aromatic N) is 1.